The van der Waals surface area contributed by atoms with E-state index in [2.05, 4.69) is 15.4 Å². The molecule has 7 heteroatoms. The third-order valence-corrected chi connectivity index (χ3v) is 3.72. The molecule has 96 valence electrons. The molecule has 0 amide bonds. The maximum Gasteiger partial charge on any atom is 0.297 e. The van der Waals surface area contributed by atoms with E-state index >= 15 is 0 Å². The highest BCUT2D eigenvalue weighted by Gasteiger charge is 2.22. The summed E-state index contributed by atoms with van der Waals surface area (Å²) in [6.45, 7) is 0. The summed E-state index contributed by atoms with van der Waals surface area (Å²) in [6.07, 6.45) is 0. The van der Waals surface area contributed by atoms with Crippen LogP contribution in [0.3, 0.4) is 0 Å². The van der Waals surface area contributed by atoms with Gasteiger partial charge in [0.15, 0.2) is 0 Å². The molecular weight excluding hydrogens is 266 g/mol. The standard InChI is InChI=1S/C12H9N3O3S/c16-19(17,18)12-9(8-4-2-1-3-5-8)6-7-10-11(12)14-15-13-10/h1-7H,(H,13,14,15)(H,16,17,18). The van der Waals surface area contributed by atoms with Gasteiger partial charge in [-0.25, -0.2) is 0 Å². The number of aromatic nitrogens is 3. The summed E-state index contributed by atoms with van der Waals surface area (Å²) < 4.78 is 32.7. The number of hydrogen-bond acceptors (Lipinski definition) is 4. The van der Waals surface area contributed by atoms with Crippen molar-refractivity contribution in [2.45, 2.75) is 4.90 Å². The van der Waals surface area contributed by atoms with Gasteiger partial charge < -0.3 is 0 Å². The lowest BCUT2D eigenvalue weighted by atomic mass is 10.1. The summed E-state index contributed by atoms with van der Waals surface area (Å²) in [7, 11) is -4.40. The molecule has 1 aromatic heterocycles. The predicted octanol–water partition coefficient (Wildman–Crippen LogP) is 1.87. The molecule has 0 unspecified atom stereocenters. The van der Waals surface area contributed by atoms with Gasteiger partial charge in [-0.2, -0.15) is 8.42 Å². The number of rotatable bonds is 2. The van der Waals surface area contributed by atoms with Crippen LogP contribution in [-0.2, 0) is 10.1 Å². The van der Waals surface area contributed by atoms with Crippen molar-refractivity contribution in [3.8, 4) is 11.1 Å². The maximum atomic E-state index is 11.6. The molecule has 3 aromatic rings. The molecule has 1 heterocycles. The third-order valence-electron chi connectivity index (χ3n) is 2.79. The minimum atomic E-state index is -4.40. The fraction of sp³-hybridized carbons (Fsp3) is 0. The maximum absolute atomic E-state index is 11.6. The molecule has 0 radical (unpaired) electrons. The molecular formula is C12H9N3O3S. The smallest absolute Gasteiger partial charge is 0.282 e. The minimum absolute atomic E-state index is 0.129. The zero-order valence-corrected chi connectivity index (χ0v) is 10.4. The lowest BCUT2D eigenvalue weighted by Crippen LogP contribution is -2.02. The van der Waals surface area contributed by atoms with Crippen LogP contribution < -0.4 is 0 Å². The Balaban J connectivity index is 2.43. The second-order valence-electron chi connectivity index (χ2n) is 3.99. The van der Waals surface area contributed by atoms with Gasteiger partial charge in [0.2, 0.25) is 0 Å². The summed E-state index contributed by atoms with van der Waals surface area (Å²) in [5.41, 5.74) is 1.65. The molecule has 0 aliphatic heterocycles. The fourth-order valence-electron chi connectivity index (χ4n) is 2.00. The second kappa shape index (κ2) is 4.15. The highest BCUT2D eigenvalue weighted by atomic mass is 32.2. The molecule has 2 N–H and O–H groups in total. The minimum Gasteiger partial charge on any atom is -0.282 e. The van der Waals surface area contributed by atoms with E-state index in [9.17, 15) is 13.0 Å². The van der Waals surface area contributed by atoms with E-state index in [0.717, 1.165) is 0 Å². The Labute approximate surface area is 108 Å². The molecule has 0 aliphatic carbocycles. The molecule has 0 aliphatic rings. The molecule has 0 spiro atoms. The van der Waals surface area contributed by atoms with E-state index in [1.165, 1.54) is 0 Å². The van der Waals surface area contributed by atoms with Crippen molar-refractivity contribution in [2.75, 3.05) is 0 Å². The largest absolute Gasteiger partial charge is 0.297 e. The first kappa shape index (κ1) is 11.8. The van der Waals surface area contributed by atoms with E-state index in [4.69, 9.17) is 0 Å². The predicted molar refractivity (Wildman–Crippen MR) is 69.1 cm³/mol. The van der Waals surface area contributed by atoms with Crippen LogP contribution >= 0.6 is 0 Å². The van der Waals surface area contributed by atoms with Crippen LogP contribution in [0.4, 0.5) is 0 Å². The zero-order valence-electron chi connectivity index (χ0n) is 9.61. The van der Waals surface area contributed by atoms with Crippen LogP contribution in [0.25, 0.3) is 22.2 Å². The second-order valence-corrected chi connectivity index (χ2v) is 5.35. The molecule has 0 fully saturated rings. The van der Waals surface area contributed by atoms with Crippen molar-refractivity contribution in [2.24, 2.45) is 0 Å². The first-order valence-corrected chi connectivity index (χ1v) is 6.88. The number of nitrogens with one attached hydrogen (secondary N) is 1. The number of aromatic amines is 1. The molecule has 19 heavy (non-hydrogen) atoms. The highest BCUT2D eigenvalue weighted by molar-refractivity contribution is 7.86. The van der Waals surface area contributed by atoms with Gasteiger partial charge >= 0.3 is 0 Å². The molecule has 6 nitrogen and oxygen atoms in total. The van der Waals surface area contributed by atoms with Gasteiger partial charge in [-0.05, 0) is 11.6 Å². The van der Waals surface area contributed by atoms with E-state index < -0.39 is 10.1 Å². The zero-order chi connectivity index (χ0) is 13.5. The Morgan fingerprint density at radius 3 is 2.47 bits per heavy atom. The number of H-pyrrole nitrogens is 1. The SMILES string of the molecule is O=S(=O)(O)c1c(-c2ccccc2)ccc2[nH]nnc12. The number of fused-ring (bicyclic) bond motifs is 1. The quantitative estimate of drug-likeness (QED) is 0.696. The summed E-state index contributed by atoms with van der Waals surface area (Å²) in [4.78, 5) is -0.232. The fourth-order valence-corrected chi connectivity index (χ4v) is 2.85. The molecule has 0 saturated heterocycles. The number of nitrogens with zero attached hydrogens (tertiary/aromatic N) is 2. The normalized spacial score (nSPS) is 11.8. The summed E-state index contributed by atoms with van der Waals surface area (Å²) in [5, 5.41) is 9.86. The molecule has 0 saturated carbocycles. The Kier molecular flexibility index (Phi) is 2.58. The van der Waals surface area contributed by atoms with E-state index in [1.54, 1.807) is 36.4 Å². The van der Waals surface area contributed by atoms with Gasteiger partial charge in [-0.3, -0.25) is 9.65 Å². The third kappa shape index (κ3) is 1.98. The Morgan fingerprint density at radius 1 is 1.05 bits per heavy atom. The van der Waals surface area contributed by atoms with E-state index in [1.807, 2.05) is 6.07 Å². The topological polar surface area (TPSA) is 95.9 Å². The lowest BCUT2D eigenvalue weighted by Gasteiger charge is -2.07. The van der Waals surface area contributed by atoms with Crippen molar-refractivity contribution in [1.82, 2.24) is 15.4 Å². The summed E-state index contributed by atoms with van der Waals surface area (Å²) in [5.74, 6) is 0. The molecule has 3 rings (SSSR count). The summed E-state index contributed by atoms with van der Waals surface area (Å²) >= 11 is 0. The molecule has 0 bridgehead atoms. The number of benzene rings is 2. The first-order chi connectivity index (χ1) is 9.07. The van der Waals surface area contributed by atoms with Crippen LogP contribution in [0.15, 0.2) is 47.4 Å². The van der Waals surface area contributed by atoms with Crippen LogP contribution in [0.2, 0.25) is 0 Å². The van der Waals surface area contributed by atoms with Gasteiger partial charge in [0.05, 0.1) is 5.52 Å². The Bertz CT molecular complexity index is 841. The van der Waals surface area contributed by atoms with E-state index in [-0.39, 0.29) is 10.4 Å². The summed E-state index contributed by atoms with van der Waals surface area (Å²) in [6, 6.07) is 12.2. The Morgan fingerprint density at radius 2 is 1.79 bits per heavy atom. The van der Waals surface area contributed by atoms with Gasteiger partial charge in [0, 0.05) is 5.56 Å². The van der Waals surface area contributed by atoms with Gasteiger partial charge in [-0.15, -0.1) is 5.10 Å². The lowest BCUT2D eigenvalue weighted by molar-refractivity contribution is 0.484. The van der Waals surface area contributed by atoms with Crippen LogP contribution in [-0.4, -0.2) is 28.4 Å². The average molecular weight is 275 g/mol. The van der Waals surface area contributed by atoms with E-state index in [0.29, 0.717) is 16.6 Å². The first-order valence-electron chi connectivity index (χ1n) is 5.44. The van der Waals surface area contributed by atoms with Gasteiger partial charge in [0.1, 0.15) is 10.4 Å². The molecule has 2 aromatic carbocycles. The van der Waals surface area contributed by atoms with Crippen molar-refractivity contribution >= 4 is 21.2 Å². The Hall–Kier alpha value is -2.25. The highest BCUT2D eigenvalue weighted by Crippen LogP contribution is 2.31. The van der Waals surface area contributed by atoms with Gasteiger partial charge in [0.25, 0.3) is 10.1 Å². The molecule has 0 atom stereocenters. The number of hydrogen-bond donors (Lipinski definition) is 2. The van der Waals surface area contributed by atoms with Crippen molar-refractivity contribution in [1.29, 1.82) is 0 Å². The van der Waals surface area contributed by atoms with Crippen molar-refractivity contribution in [3.05, 3.63) is 42.5 Å². The van der Waals surface area contributed by atoms with Crippen molar-refractivity contribution < 1.29 is 13.0 Å². The van der Waals surface area contributed by atoms with Crippen LogP contribution in [0.5, 0.6) is 0 Å². The van der Waals surface area contributed by atoms with Crippen LogP contribution in [0.1, 0.15) is 0 Å². The van der Waals surface area contributed by atoms with Crippen molar-refractivity contribution in [3.63, 3.8) is 0 Å². The van der Waals surface area contributed by atoms with Gasteiger partial charge in [-0.1, -0.05) is 41.6 Å². The van der Waals surface area contributed by atoms with Crippen LogP contribution in [0, 0.1) is 0 Å². The monoisotopic (exact) mass is 275 g/mol. The average Bonchev–Trinajstić information content (AvgIpc) is 2.85.